The van der Waals surface area contributed by atoms with Gasteiger partial charge in [0.15, 0.2) is 11.6 Å². The topological polar surface area (TPSA) is 72.8 Å². The lowest BCUT2D eigenvalue weighted by Gasteiger charge is -2.10. The van der Waals surface area contributed by atoms with Crippen LogP contribution in [0.1, 0.15) is 42.1 Å². The van der Waals surface area contributed by atoms with Crippen LogP contribution >= 0.6 is 0 Å². The normalized spacial score (nSPS) is 10.8. The summed E-state index contributed by atoms with van der Waals surface area (Å²) in [6.07, 6.45) is 4.94. The molecular formula is C21H20F2O5. The van der Waals surface area contributed by atoms with Crippen molar-refractivity contribution in [2.75, 3.05) is 6.61 Å². The molecule has 0 unspecified atom stereocenters. The largest absolute Gasteiger partial charge is 0.490 e. The molecule has 148 valence electrons. The van der Waals surface area contributed by atoms with Gasteiger partial charge in [-0.3, -0.25) is 0 Å². The summed E-state index contributed by atoms with van der Waals surface area (Å²) in [5.74, 6) is -4.86. The summed E-state index contributed by atoms with van der Waals surface area (Å²) in [4.78, 5) is 22.6. The molecule has 0 fully saturated rings. The molecule has 7 heteroatoms. The molecule has 0 amide bonds. The zero-order chi connectivity index (χ0) is 20.5. The highest BCUT2D eigenvalue weighted by Crippen LogP contribution is 2.24. The Labute approximate surface area is 161 Å². The van der Waals surface area contributed by atoms with Crippen LogP contribution in [0.4, 0.5) is 8.78 Å². The summed E-state index contributed by atoms with van der Waals surface area (Å²) in [5, 5.41) is 8.58. The van der Waals surface area contributed by atoms with Gasteiger partial charge < -0.3 is 14.6 Å². The van der Waals surface area contributed by atoms with Gasteiger partial charge in [0, 0.05) is 6.08 Å². The van der Waals surface area contributed by atoms with Gasteiger partial charge in [0.1, 0.15) is 5.75 Å². The third-order valence-electron chi connectivity index (χ3n) is 3.78. The number of hydrogen-bond acceptors (Lipinski definition) is 4. The van der Waals surface area contributed by atoms with Crippen LogP contribution in [0, 0.1) is 11.6 Å². The Morgan fingerprint density at radius 2 is 1.75 bits per heavy atom. The lowest BCUT2D eigenvalue weighted by Crippen LogP contribution is -2.12. The van der Waals surface area contributed by atoms with Gasteiger partial charge in [-0.05, 0) is 42.3 Å². The van der Waals surface area contributed by atoms with Crippen LogP contribution in [0.3, 0.4) is 0 Å². The van der Waals surface area contributed by atoms with Crippen molar-refractivity contribution in [1.82, 2.24) is 0 Å². The fraction of sp³-hybridized carbons (Fsp3) is 0.238. The van der Waals surface area contributed by atoms with Crippen molar-refractivity contribution in [3.8, 4) is 11.5 Å². The number of carboxylic acids is 1. The van der Waals surface area contributed by atoms with Gasteiger partial charge in [0.05, 0.1) is 12.2 Å². The number of carbonyl (C=O) groups is 2. The molecule has 2 aromatic rings. The number of ether oxygens (including phenoxy) is 2. The van der Waals surface area contributed by atoms with Gasteiger partial charge in [0.25, 0.3) is 0 Å². The van der Waals surface area contributed by atoms with Crippen molar-refractivity contribution in [2.24, 2.45) is 0 Å². The zero-order valence-corrected chi connectivity index (χ0v) is 15.3. The average molecular weight is 390 g/mol. The van der Waals surface area contributed by atoms with E-state index in [2.05, 4.69) is 0 Å². The van der Waals surface area contributed by atoms with E-state index in [1.165, 1.54) is 36.4 Å². The van der Waals surface area contributed by atoms with Gasteiger partial charge in [-0.2, -0.15) is 4.39 Å². The van der Waals surface area contributed by atoms with Crippen molar-refractivity contribution in [3.05, 3.63) is 65.2 Å². The smallest absolute Gasteiger partial charge is 0.346 e. The van der Waals surface area contributed by atoms with Gasteiger partial charge in [0.2, 0.25) is 5.82 Å². The third kappa shape index (κ3) is 5.90. The minimum atomic E-state index is -1.33. The van der Waals surface area contributed by atoms with Crippen molar-refractivity contribution in [1.29, 1.82) is 0 Å². The second kappa shape index (κ2) is 10.2. The molecule has 0 saturated heterocycles. The highest BCUT2D eigenvalue weighted by molar-refractivity contribution is 5.91. The van der Waals surface area contributed by atoms with Crippen LogP contribution in [0.15, 0.2) is 42.5 Å². The molecule has 0 aliphatic heterocycles. The van der Waals surface area contributed by atoms with Crippen molar-refractivity contribution >= 4 is 18.0 Å². The number of rotatable bonds is 9. The molecule has 0 heterocycles. The second-order valence-electron chi connectivity index (χ2n) is 5.92. The minimum absolute atomic E-state index is 0.108. The quantitative estimate of drug-likeness (QED) is 0.287. The SMILES string of the molecule is CCCCCOc1ccc(C(=O)Oc2ccc(C=CC(=O)O)cc2)c(F)c1F. The number of carbonyl (C=O) groups excluding carboxylic acids is 1. The first-order chi connectivity index (χ1) is 13.4. The second-order valence-corrected chi connectivity index (χ2v) is 5.92. The maximum Gasteiger partial charge on any atom is 0.346 e. The van der Waals surface area contributed by atoms with Gasteiger partial charge in [-0.15, -0.1) is 0 Å². The van der Waals surface area contributed by atoms with E-state index in [1.807, 2.05) is 6.92 Å². The summed E-state index contributed by atoms with van der Waals surface area (Å²) >= 11 is 0. The summed E-state index contributed by atoms with van der Waals surface area (Å²) < 4.78 is 38.6. The first kappa shape index (κ1) is 21.1. The van der Waals surface area contributed by atoms with Gasteiger partial charge in [-0.1, -0.05) is 31.9 Å². The van der Waals surface area contributed by atoms with E-state index in [4.69, 9.17) is 14.6 Å². The van der Waals surface area contributed by atoms with Crippen LogP contribution in [-0.4, -0.2) is 23.7 Å². The van der Waals surface area contributed by atoms with Gasteiger partial charge >= 0.3 is 11.9 Å². The van der Waals surface area contributed by atoms with E-state index >= 15 is 0 Å². The fourth-order valence-corrected chi connectivity index (χ4v) is 2.31. The Morgan fingerprint density at radius 3 is 2.39 bits per heavy atom. The van der Waals surface area contributed by atoms with E-state index in [9.17, 15) is 18.4 Å². The maximum atomic E-state index is 14.2. The molecule has 1 N–H and O–H groups in total. The molecule has 0 aliphatic rings. The van der Waals surface area contributed by atoms with E-state index < -0.39 is 29.1 Å². The van der Waals surface area contributed by atoms with E-state index in [1.54, 1.807) is 0 Å². The summed E-state index contributed by atoms with van der Waals surface area (Å²) in [6, 6.07) is 8.18. The van der Waals surface area contributed by atoms with Crippen molar-refractivity contribution in [3.63, 3.8) is 0 Å². The highest BCUT2D eigenvalue weighted by Gasteiger charge is 2.21. The lowest BCUT2D eigenvalue weighted by molar-refractivity contribution is -0.131. The number of hydrogen-bond donors (Lipinski definition) is 1. The first-order valence-corrected chi connectivity index (χ1v) is 8.76. The van der Waals surface area contributed by atoms with Crippen LogP contribution in [0.25, 0.3) is 6.08 Å². The molecule has 0 atom stereocenters. The molecule has 0 spiro atoms. The van der Waals surface area contributed by atoms with Gasteiger partial charge in [-0.25, -0.2) is 14.0 Å². The molecule has 0 bridgehead atoms. The standard InChI is InChI=1S/C21H20F2O5/c1-2-3-4-13-27-17-11-10-16(19(22)20(17)23)21(26)28-15-8-5-14(6-9-15)7-12-18(24)25/h5-12H,2-4,13H2,1H3,(H,24,25). The number of aliphatic carboxylic acids is 1. The highest BCUT2D eigenvalue weighted by atomic mass is 19.2. The van der Waals surface area contributed by atoms with E-state index in [0.717, 1.165) is 31.4 Å². The van der Waals surface area contributed by atoms with E-state index in [0.29, 0.717) is 5.56 Å². The predicted molar refractivity (Wildman–Crippen MR) is 99.4 cm³/mol. The fourth-order valence-electron chi connectivity index (χ4n) is 2.31. The molecular weight excluding hydrogens is 370 g/mol. The number of esters is 1. The monoisotopic (exact) mass is 390 g/mol. The van der Waals surface area contributed by atoms with Crippen LogP contribution in [0.2, 0.25) is 0 Å². The Hall–Kier alpha value is -3.22. The molecule has 28 heavy (non-hydrogen) atoms. The van der Waals surface area contributed by atoms with Crippen LogP contribution in [-0.2, 0) is 4.79 Å². The molecule has 0 radical (unpaired) electrons. The zero-order valence-electron chi connectivity index (χ0n) is 15.3. The van der Waals surface area contributed by atoms with Crippen LogP contribution < -0.4 is 9.47 Å². The third-order valence-corrected chi connectivity index (χ3v) is 3.78. The first-order valence-electron chi connectivity index (χ1n) is 8.76. The number of halogens is 2. The minimum Gasteiger partial charge on any atom is -0.490 e. The molecule has 2 rings (SSSR count). The number of unbranched alkanes of at least 4 members (excludes halogenated alkanes) is 2. The molecule has 5 nitrogen and oxygen atoms in total. The summed E-state index contributed by atoms with van der Waals surface area (Å²) in [7, 11) is 0. The number of benzene rings is 2. The Kier molecular flexibility index (Phi) is 7.68. The Morgan fingerprint density at radius 1 is 1.04 bits per heavy atom. The summed E-state index contributed by atoms with van der Waals surface area (Å²) in [5.41, 5.74) is 0.0252. The molecule has 0 aromatic heterocycles. The lowest BCUT2D eigenvalue weighted by atomic mass is 10.2. The van der Waals surface area contributed by atoms with Crippen LogP contribution in [0.5, 0.6) is 11.5 Å². The van der Waals surface area contributed by atoms with E-state index in [-0.39, 0.29) is 18.1 Å². The molecule has 2 aromatic carbocycles. The van der Waals surface area contributed by atoms with Crippen molar-refractivity contribution < 1.29 is 33.0 Å². The Balaban J connectivity index is 2.05. The molecule has 0 aliphatic carbocycles. The predicted octanol–water partition coefficient (Wildman–Crippen LogP) is 4.85. The average Bonchev–Trinajstić information content (AvgIpc) is 2.67. The molecule has 0 saturated carbocycles. The number of carboxylic acid groups (broad SMARTS) is 1. The maximum absolute atomic E-state index is 14.2. The van der Waals surface area contributed by atoms with Crippen molar-refractivity contribution in [2.45, 2.75) is 26.2 Å². The summed E-state index contributed by atoms with van der Waals surface area (Å²) in [6.45, 7) is 2.28. The Bertz CT molecular complexity index is 860.